The van der Waals surface area contributed by atoms with Crippen molar-refractivity contribution >= 4 is 0 Å². The number of nitrogens with zero attached hydrogens (tertiary/aromatic N) is 2. The highest BCUT2D eigenvalue weighted by atomic mass is 16.5. The molecule has 0 bridgehead atoms. The van der Waals surface area contributed by atoms with Crippen LogP contribution in [0.4, 0.5) is 0 Å². The Labute approximate surface area is 99.0 Å². The molecule has 0 aliphatic rings. The molecule has 0 N–H and O–H groups in total. The number of imidazole rings is 1. The third kappa shape index (κ3) is 3.63. The lowest BCUT2D eigenvalue weighted by molar-refractivity contribution is -0.738. The third-order valence-electron chi connectivity index (χ3n) is 2.74. The molecule has 0 amide bonds. The van der Waals surface area contributed by atoms with Crippen LogP contribution in [0.25, 0.3) is 0 Å². The fraction of sp³-hybridized carbons (Fsp3) is 0.769. The number of unbranched alkanes of at least 4 members (excludes halogenated alkanes) is 1. The van der Waals surface area contributed by atoms with Gasteiger partial charge in [-0.1, -0.05) is 27.2 Å². The first-order valence-corrected chi connectivity index (χ1v) is 6.48. The van der Waals surface area contributed by atoms with Gasteiger partial charge in [0.05, 0.1) is 13.2 Å². The van der Waals surface area contributed by atoms with Gasteiger partial charge in [0.25, 0.3) is 5.82 Å². The summed E-state index contributed by atoms with van der Waals surface area (Å²) in [6, 6.07) is 0. The van der Waals surface area contributed by atoms with Crippen molar-refractivity contribution in [2.75, 3.05) is 6.61 Å². The lowest BCUT2D eigenvalue weighted by Crippen LogP contribution is -2.38. The van der Waals surface area contributed by atoms with E-state index in [0.29, 0.717) is 6.73 Å². The quantitative estimate of drug-likeness (QED) is 0.491. The molecule has 1 aromatic rings. The van der Waals surface area contributed by atoms with Crippen LogP contribution in [0.3, 0.4) is 0 Å². The highest BCUT2D eigenvalue weighted by molar-refractivity contribution is 4.82. The standard InChI is InChI=1S/C13H25N2O/c1-4-7-8-14-9-10-15(13(14)6-3)12-16-11-5-2/h9-10H,4-8,11-12H2,1-3H3/q+1. The molecule has 1 heterocycles. The number of ether oxygens (including phenoxy) is 1. The minimum Gasteiger partial charge on any atom is -0.342 e. The van der Waals surface area contributed by atoms with Crippen molar-refractivity contribution in [2.45, 2.75) is 59.7 Å². The zero-order chi connectivity index (χ0) is 11.8. The van der Waals surface area contributed by atoms with Gasteiger partial charge in [-0.3, -0.25) is 0 Å². The molecule has 0 fully saturated rings. The molecule has 0 saturated carbocycles. The van der Waals surface area contributed by atoms with Crippen LogP contribution in [0.2, 0.25) is 0 Å². The van der Waals surface area contributed by atoms with E-state index in [1.54, 1.807) is 0 Å². The van der Waals surface area contributed by atoms with Gasteiger partial charge in [0.2, 0.25) is 0 Å². The van der Waals surface area contributed by atoms with Crippen molar-refractivity contribution in [3.05, 3.63) is 18.2 Å². The molecule has 0 radical (unpaired) electrons. The Morgan fingerprint density at radius 3 is 2.69 bits per heavy atom. The molecule has 0 aliphatic carbocycles. The third-order valence-corrected chi connectivity index (χ3v) is 2.74. The molecule has 3 heteroatoms. The van der Waals surface area contributed by atoms with E-state index in [-0.39, 0.29) is 0 Å². The van der Waals surface area contributed by atoms with Crippen LogP contribution < -0.4 is 4.57 Å². The van der Waals surface area contributed by atoms with Gasteiger partial charge in [-0.25, -0.2) is 9.13 Å². The van der Waals surface area contributed by atoms with Gasteiger partial charge in [0.15, 0.2) is 6.73 Å². The minimum absolute atomic E-state index is 0.691. The second-order valence-corrected chi connectivity index (χ2v) is 4.12. The minimum atomic E-state index is 0.691. The van der Waals surface area contributed by atoms with E-state index < -0.39 is 0 Å². The number of aromatic nitrogens is 2. The van der Waals surface area contributed by atoms with E-state index >= 15 is 0 Å². The Morgan fingerprint density at radius 2 is 2.06 bits per heavy atom. The maximum absolute atomic E-state index is 5.58. The van der Waals surface area contributed by atoms with Gasteiger partial charge in [0.1, 0.15) is 12.4 Å². The molecule has 16 heavy (non-hydrogen) atoms. The molecule has 0 aromatic carbocycles. The Balaban J connectivity index is 2.58. The lowest BCUT2D eigenvalue weighted by atomic mass is 10.3. The van der Waals surface area contributed by atoms with Crippen LogP contribution in [-0.4, -0.2) is 11.2 Å². The fourth-order valence-corrected chi connectivity index (χ4v) is 1.86. The van der Waals surface area contributed by atoms with Gasteiger partial charge in [0, 0.05) is 6.42 Å². The summed E-state index contributed by atoms with van der Waals surface area (Å²) in [6.45, 7) is 9.23. The highest BCUT2D eigenvalue weighted by Crippen LogP contribution is 2.01. The SMILES string of the molecule is CCCCn1cc[n+](COCCC)c1CC. The topological polar surface area (TPSA) is 18.0 Å². The maximum Gasteiger partial charge on any atom is 0.258 e. The number of hydrogen-bond acceptors (Lipinski definition) is 1. The van der Waals surface area contributed by atoms with Crippen molar-refractivity contribution in [1.29, 1.82) is 0 Å². The summed E-state index contributed by atoms with van der Waals surface area (Å²) in [6.07, 6.45) is 8.93. The molecular weight excluding hydrogens is 200 g/mol. The van der Waals surface area contributed by atoms with E-state index in [4.69, 9.17) is 4.74 Å². The lowest BCUT2D eigenvalue weighted by Gasteiger charge is -2.03. The van der Waals surface area contributed by atoms with Crippen molar-refractivity contribution in [2.24, 2.45) is 0 Å². The molecule has 92 valence electrons. The molecule has 1 rings (SSSR count). The van der Waals surface area contributed by atoms with E-state index in [1.807, 2.05) is 0 Å². The van der Waals surface area contributed by atoms with E-state index in [0.717, 1.165) is 26.0 Å². The Bertz CT molecular complexity index is 294. The van der Waals surface area contributed by atoms with Gasteiger partial charge < -0.3 is 4.74 Å². The first-order chi connectivity index (χ1) is 7.83. The van der Waals surface area contributed by atoms with Crippen molar-refractivity contribution in [1.82, 2.24) is 4.57 Å². The molecular formula is C13H25N2O+. The second-order valence-electron chi connectivity index (χ2n) is 4.12. The Kier molecular flexibility index (Phi) is 6.16. The highest BCUT2D eigenvalue weighted by Gasteiger charge is 2.14. The molecule has 1 aromatic heterocycles. The monoisotopic (exact) mass is 225 g/mol. The zero-order valence-electron chi connectivity index (χ0n) is 10.9. The summed E-state index contributed by atoms with van der Waals surface area (Å²) < 4.78 is 10.1. The van der Waals surface area contributed by atoms with Gasteiger partial charge in [-0.15, -0.1) is 0 Å². The van der Waals surface area contributed by atoms with E-state index in [9.17, 15) is 0 Å². The predicted molar refractivity (Wildman–Crippen MR) is 65.2 cm³/mol. The summed E-state index contributed by atoms with van der Waals surface area (Å²) in [4.78, 5) is 0. The van der Waals surface area contributed by atoms with Crippen LogP contribution >= 0.6 is 0 Å². The van der Waals surface area contributed by atoms with E-state index in [2.05, 4.69) is 42.3 Å². The first-order valence-electron chi connectivity index (χ1n) is 6.48. The van der Waals surface area contributed by atoms with Gasteiger partial charge >= 0.3 is 0 Å². The fourth-order valence-electron chi connectivity index (χ4n) is 1.86. The maximum atomic E-state index is 5.58. The van der Waals surface area contributed by atoms with Crippen LogP contribution in [0, 0.1) is 0 Å². The largest absolute Gasteiger partial charge is 0.342 e. The van der Waals surface area contributed by atoms with Gasteiger partial charge in [-0.05, 0) is 12.8 Å². The Hall–Kier alpha value is -0.830. The molecule has 0 saturated heterocycles. The molecule has 3 nitrogen and oxygen atoms in total. The van der Waals surface area contributed by atoms with Crippen LogP contribution in [0.1, 0.15) is 45.9 Å². The van der Waals surface area contributed by atoms with Crippen molar-refractivity contribution in [3.8, 4) is 0 Å². The summed E-state index contributed by atoms with van der Waals surface area (Å²) in [7, 11) is 0. The summed E-state index contributed by atoms with van der Waals surface area (Å²) in [5.41, 5.74) is 0. The normalized spacial score (nSPS) is 10.9. The molecule has 0 aliphatic heterocycles. The summed E-state index contributed by atoms with van der Waals surface area (Å²) >= 11 is 0. The summed E-state index contributed by atoms with van der Waals surface area (Å²) in [5.74, 6) is 1.37. The molecule has 0 unspecified atom stereocenters. The number of rotatable bonds is 8. The predicted octanol–water partition coefficient (Wildman–Crippen LogP) is 2.52. The smallest absolute Gasteiger partial charge is 0.258 e. The zero-order valence-corrected chi connectivity index (χ0v) is 10.9. The Morgan fingerprint density at radius 1 is 1.25 bits per heavy atom. The molecule has 0 atom stereocenters. The summed E-state index contributed by atoms with van der Waals surface area (Å²) in [5, 5.41) is 0. The van der Waals surface area contributed by atoms with Crippen molar-refractivity contribution < 1.29 is 9.30 Å². The number of aryl methyl sites for hydroxylation is 1. The van der Waals surface area contributed by atoms with E-state index in [1.165, 1.54) is 18.7 Å². The average Bonchev–Trinajstić information content (AvgIpc) is 2.69. The number of hydrogen-bond donors (Lipinski definition) is 0. The second kappa shape index (κ2) is 7.44. The van der Waals surface area contributed by atoms with Crippen LogP contribution in [0.5, 0.6) is 0 Å². The van der Waals surface area contributed by atoms with Crippen LogP contribution in [0.15, 0.2) is 12.4 Å². The first kappa shape index (κ1) is 13.2. The van der Waals surface area contributed by atoms with Crippen LogP contribution in [-0.2, 0) is 24.4 Å². The van der Waals surface area contributed by atoms with Gasteiger partial charge in [-0.2, -0.15) is 0 Å². The average molecular weight is 225 g/mol. The molecule has 0 spiro atoms. The van der Waals surface area contributed by atoms with Crippen molar-refractivity contribution in [3.63, 3.8) is 0 Å².